The SMILES string of the molecule is CCn1c(SCc2csc(-c3ccccc3Cl)n2)nnc1C(C)Oc1cc(C)c(Cl)c(C)c1. The van der Waals surface area contributed by atoms with Gasteiger partial charge in [-0.05, 0) is 57.0 Å². The van der Waals surface area contributed by atoms with Crippen molar-refractivity contribution in [2.75, 3.05) is 0 Å². The molecular weight excluding hydrogens is 495 g/mol. The lowest BCUT2D eigenvalue weighted by atomic mass is 10.1. The Balaban J connectivity index is 1.46. The van der Waals surface area contributed by atoms with E-state index in [1.165, 1.54) is 0 Å². The molecule has 0 saturated heterocycles. The molecule has 0 aliphatic carbocycles. The average molecular weight is 520 g/mol. The normalized spacial score (nSPS) is 12.2. The molecule has 0 fully saturated rings. The number of benzene rings is 2. The Hall–Kier alpha value is -2.06. The number of halogens is 2. The van der Waals surface area contributed by atoms with Crippen LogP contribution in [0.1, 0.15) is 42.6 Å². The number of aryl methyl sites for hydroxylation is 2. The van der Waals surface area contributed by atoms with Gasteiger partial charge in [-0.15, -0.1) is 21.5 Å². The number of hydrogen-bond donors (Lipinski definition) is 0. The number of aromatic nitrogens is 4. The molecule has 0 spiro atoms. The summed E-state index contributed by atoms with van der Waals surface area (Å²) in [7, 11) is 0. The number of rotatable bonds is 8. The highest BCUT2D eigenvalue weighted by molar-refractivity contribution is 7.98. The Morgan fingerprint density at radius 1 is 1.12 bits per heavy atom. The van der Waals surface area contributed by atoms with Gasteiger partial charge in [0, 0.05) is 28.3 Å². The van der Waals surface area contributed by atoms with Crippen LogP contribution in [-0.4, -0.2) is 19.7 Å². The standard InChI is InChI=1S/C24H24Cl2N4OS2/c1-5-30-22(16(4)31-18-10-14(2)21(26)15(3)11-18)28-29-24(30)33-13-17-12-32-23(27-17)19-8-6-7-9-20(19)25/h6-12,16H,5,13H2,1-4H3. The van der Waals surface area contributed by atoms with Crippen LogP contribution in [-0.2, 0) is 12.3 Å². The zero-order valence-corrected chi connectivity index (χ0v) is 21.9. The van der Waals surface area contributed by atoms with Gasteiger partial charge in [-0.25, -0.2) is 4.98 Å². The molecule has 0 N–H and O–H groups in total. The fourth-order valence-electron chi connectivity index (χ4n) is 3.51. The number of thioether (sulfide) groups is 1. The summed E-state index contributed by atoms with van der Waals surface area (Å²) < 4.78 is 8.27. The van der Waals surface area contributed by atoms with Crippen LogP contribution < -0.4 is 4.74 Å². The highest BCUT2D eigenvalue weighted by atomic mass is 35.5. The van der Waals surface area contributed by atoms with Gasteiger partial charge >= 0.3 is 0 Å². The summed E-state index contributed by atoms with van der Waals surface area (Å²) in [5.41, 5.74) is 3.93. The van der Waals surface area contributed by atoms with Gasteiger partial charge in [0.15, 0.2) is 17.1 Å². The lowest BCUT2D eigenvalue weighted by Gasteiger charge is -2.17. The molecule has 1 unspecified atom stereocenters. The zero-order chi connectivity index (χ0) is 23.5. The first kappa shape index (κ1) is 24.1. The molecule has 0 aliphatic rings. The summed E-state index contributed by atoms with van der Waals surface area (Å²) in [5.74, 6) is 2.26. The molecule has 1 atom stereocenters. The van der Waals surface area contributed by atoms with Crippen LogP contribution in [0.5, 0.6) is 5.75 Å². The lowest BCUT2D eigenvalue weighted by Crippen LogP contribution is -2.12. The van der Waals surface area contributed by atoms with E-state index >= 15 is 0 Å². The van der Waals surface area contributed by atoms with Crippen molar-refractivity contribution in [1.29, 1.82) is 0 Å². The number of hydrogen-bond acceptors (Lipinski definition) is 6. The molecule has 0 saturated carbocycles. The van der Waals surface area contributed by atoms with Gasteiger partial charge in [-0.3, -0.25) is 0 Å². The van der Waals surface area contributed by atoms with Gasteiger partial charge in [0.25, 0.3) is 0 Å². The fraction of sp³-hybridized carbons (Fsp3) is 0.292. The fourth-order valence-corrected chi connectivity index (χ4v) is 5.76. The number of ether oxygens (including phenoxy) is 1. The Labute approximate surface area is 212 Å². The number of nitrogens with zero attached hydrogens (tertiary/aromatic N) is 4. The first-order valence-electron chi connectivity index (χ1n) is 10.6. The highest BCUT2D eigenvalue weighted by Crippen LogP contribution is 2.33. The van der Waals surface area contributed by atoms with E-state index in [1.54, 1.807) is 23.1 Å². The van der Waals surface area contributed by atoms with E-state index in [4.69, 9.17) is 32.9 Å². The Morgan fingerprint density at radius 2 is 1.85 bits per heavy atom. The topological polar surface area (TPSA) is 52.8 Å². The molecule has 2 aromatic carbocycles. The smallest absolute Gasteiger partial charge is 0.191 e. The largest absolute Gasteiger partial charge is 0.483 e. The van der Waals surface area contributed by atoms with Crippen molar-refractivity contribution in [1.82, 2.24) is 19.7 Å². The van der Waals surface area contributed by atoms with E-state index in [2.05, 4.69) is 27.1 Å². The molecule has 0 radical (unpaired) electrons. The summed E-state index contributed by atoms with van der Waals surface area (Å²) in [6, 6.07) is 11.7. The summed E-state index contributed by atoms with van der Waals surface area (Å²) in [5, 5.41) is 14.2. The summed E-state index contributed by atoms with van der Waals surface area (Å²) >= 11 is 15.8. The van der Waals surface area contributed by atoms with Gasteiger partial charge in [-0.1, -0.05) is 53.2 Å². The second-order valence-corrected chi connectivity index (χ2v) is 10.2. The second-order valence-electron chi connectivity index (χ2n) is 7.63. The van der Waals surface area contributed by atoms with Crippen LogP contribution in [0.4, 0.5) is 0 Å². The Bertz CT molecular complexity index is 1250. The quantitative estimate of drug-likeness (QED) is 0.223. The first-order chi connectivity index (χ1) is 15.9. The minimum Gasteiger partial charge on any atom is -0.483 e. The molecule has 33 heavy (non-hydrogen) atoms. The third kappa shape index (κ3) is 5.38. The predicted molar refractivity (Wildman–Crippen MR) is 138 cm³/mol. The molecule has 9 heteroatoms. The van der Waals surface area contributed by atoms with Crippen molar-refractivity contribution < 1.29 is 4.74 Å². The first-order valence-corrected chi connectivity index (χ1v) is 13.2. The maximum Gasteiger partial charge on any atom is 0.191 e. The maximum atomic E-state index is 6.32. The predicted octanol–water partition coefficient (Wildman–Crippen LogP) is 7.78. The Morgan fingerprint density at radius 3 is 2.55 bits per heavy atom. The van der Waals surface area contributed by atoms with E-state index in [1.807, 2.05) is 57.2 Å². The van der Waals surface area contributed by atoms with Crippen molar-refractivity contribution >= 4 is 46.3 Å². The van der Waals surface area contributed by atoms with Crippen molar-refractivity contribution in [2.24, 2.45) is 0 Å². The lowest BCUT2D eigenvalue weighted by molar-refractivity contribution is 0.209. The van der Waals surface area contributed by atoms with Gasteiger partial charge in [0.2, 0.25) is 0 Å². The van der Waals surface area contributed by atoms with Gasteiger partial charge in [0.05, 0.1) is 10.7 Å². The molecule has 0 amide bonds. The molecule has 0 aliphatic heterocycles. The molecular formula is C24H24Cl2N4OS2. The van der Waals surface area contributed by atoms with Gasteiger partial charge < -0.3 is 9.30 Å². The Kier molecular flexibility index (Phi) is 7.64. The van der Waals surface area contributed by atoms with Crippen LogP contribution in [0.3, 0.4) is 0 Å². The molecule has 5 nitrogen and oxygen atoms in total. The average Bonchev–Trinajstić information content (AvgIpc) is 3.43. The molecule has 4 aromatic rings. The van der Waals surface area contributed by atoms with E-state index in [9.17, 15) is 0 Å². The van der Waals surface area contributed by atoms with Crippen molar-refractivity contribution in [3.8, 4) is 16.3 Å². The van der Waals surface area contributed by atoms with Crippen molar-refractivity contribution in [2.45, 2.75) is 51.3 Å². The second kappa shape index (κ2) is 10.5. The summed E-state index contributed by atoms with van der Waals surface area (Å²) in [6.45, 7) is 8.77. The zero-order valence-electron chi connectivity index (χ0n) is 18.8. The minimum absolute atomic E-state index is 0.252. The van der Waals surface area contributed by atoms with Crippen LogP contribution >= 0.6 is 46.3 Å². The van der Waals surface area contributed by atoms with E-state index < -0.39 is 0 Å². The molecule has 0 bridgehead atoms. The van der Waals surface area contributed by atoms with Gasteiger partial charge in [-0.2, -0.15) is 0 Å². The third-order valence-corrected chi connectivity index (χ3v) is 8.00. The summed E-state index contributed by atoms with van der Waals surface area (Å²) in [6.07, 6.45) is -0.252. The van der Waals surface area contributed by atoms with E-state index in [-0.39, 0.29) is 6.10 Å². The molecule has 2 heterocycles. The van der Waals surface area contributed by atoms with Gasteiger partial charge in [0.1, 0.15) is 10.8 Å². The van der Waals surface area contributed by atoms with Crippen LogP contribution in [0.2, 0.25) is 10.0 Å². The minimum atomic E-state index is -0.252. The van der Waals surface area contributed by atoms with Crippen LogP contribution in [0.25, 0.3) is 10.6 Å². The number of thiazole rings is 1. The monoisotopic (exact) mass is 518 g/mol. The highest BCUT2D eigenvalue weighted by Gasteiger charge is 2.20. The molecule has 2 aromatic heterocycles. The van der Waals surface area contributed by atoms with Crippen LogP contribution in [0, 0.1) is 13.8 Å². The van der Waals surface area contributed by atoms with E-state index in [0.29, 0.717) is 10.8 Å². The van der Waals surface area contributed by atoms with E-state index in [0.717, 1.165) is 55.7 Å². The van der Waals surface area contributed by atoms with Crippen molar-refractivity contribution in [3.05, 3.63) is 74.5 Å². The summed E-state index contributed by atoms with van der Waals surface area (Å²) in [4.78, 5) is 4.75. The molecule has 172 valence electrons. The third-order valence-electron chi connectivity index (χ3n) is 5.15. The maximum absolute atomic E-state index is 6.32. The van der Waals surface area contributed by atoms with Crippen molar-refractivity contribution in [3.63, 3.8) is 0 Å². The van der Waals surface area contributed by atoms with Crippen LogP contribution in [0.15, 0.2) is 46.9 Å². The molecule has 4 rings (SSSR count).